The maximum Gasteiger partial charge on any atom is 0.120 e. The summed E-state index contributed by atoms with van der Waals surface area (Å²) in [6, 6.07) is 21.2. The van der Waals surface area contributed by atoms with Gasteiger partial charge in [0.05, 0.1) is 39.5 Å². The Labute approximate surface area is 157 Å². The summed E-state index contributed by atoms with van der Waals surface area (Å²) in [5.41, 5.74) is 3.47. The van der Waals surface area contributed by atoms with Gasteiger partial charge in [0.25, 0.3) is 0 Å². The summed E-state index contributed by atoms with van der Waals surface area (Å²) >= 11 is 1.88. The second-order valence-corrected chi connectivity index (χ2v) is 8.28. The molecule has 0 amide bonds. The van der Waals surface area contributed by atoms with Gasteiger partial charge in [-0.2, -0.15) is 0 Å². The smallest absolute Gasteiger partial charge is 0.120 e. The quantitative estimate of drug-likeness (QED) is 0.602. The number of quaternary nitrogens is 1. The number of piperidine rings is 1. The van der Waals surface area contributed by atoms with Crippen LogP contribution in [-0.4, -0.2) is 23.1 Å². The van der Waals surface area contributed by atoms with Crippen molar-refractivity contribution in [2.24, 2.45) is 0 Å². The van der Waals surface area contributed by atoms with Crippen molar-refractivity contribution in [3.63, 3.8) is 0 Å². The fourth-order valence-electron chi connectivity index (χ4n) is 3.98. The van der Waals surface area contributed by atoms with Crippen molar-refractivity contribution in [3.05, 3.63) is 71.4 Å². The highest BCUT2D eigenvalue weighted by atomic mass is 32.1. The second kappa shape index (κ2) is 6.78. The molecule has 3 nitrogen and oxygen atoms in total. The minimum Gasteiger partial charge on any atom is -0.330 e. The number of para-hydroxylation sites is 2. The molecule has 0 bridgehead atoms. The van der Waals surface area contributed by atoms with E-state index in [1.54, 1.807) is 4.90 Å². The summed E-state index contributed by atoms with van der Waals surface area (Å²) in [6.07, 6.45) is 2.45. The van der Waals surface area contributed by atoms with Crippen LogP contribution in [0.5, 0.6) is 0 Å². The predicted molar refractivity (Wildman–Crippen MR) is 108 cm³/mol. The minimum atomic E-state index is 0.626. The minimum absolute atomic E-state index is 0.626. The maximum absolute atomic E-state index is 4.88. The molecule has 1 aliphatic heterocycles. The fraction of sp³-hybridized carbons (Fsp3) is 0.273. The van der Waals surface area contributed by atoms with E-state index in [4.69, 9.17) is 9.97 Å². The van der Waals surface area contributed by atoms with Crippen LogP contribution in [0.4, 0.5) is 0 Å². The number of hydrogen-bond acceptors (Lipinski definition) is 3. The van der Waals surface area contributed by atoms with E-state index in [2.05, 4.69) is 60.7 Å². The summed E-state index contributed by atoms with van der Waals surface area (Å²) < 4.78 is 1.32. The Kier molecular flexibility index (Phi) is 4.15. The number of benzene rings is 2. The van der Waals surface area contributed by atoms with Gasteiger partial charge in [-0.15, -0.1) is 11.3 Å². The summed E-state index contributed by atoms with van der Waals surface area (Å²) in [7, 11) is 0. The predicted octanol–water partition coefficient (Wildman–Crippen LogP) is 3.81. The van der Waals surface area contributed by atoms with Crippen molar-refractivity contribution in [2.45, 2.75) is 25.3 Å². The average molecular weight is 361 g/mol. The molecule has 0 unspecified atom stereocenters. The topological polar surface area (TPSA) is 30.2 Å². The number of pyridine rings is 1. The molecule has 4 heteroatoms. The number of rotatable bonds is 3. The van der Waals surface area contributed by atoms with Gasteiger partial charge in [-0.1, -0.05) is 36.4 Å². The van der Waals surface area contributed by atoms with Crippen molar-refractivity contribution in [1.29, 1.82) is 0 Å². The highest BCUT2D eigenvalue weighted by Crippen LogP contribution is 2.31. The van der Waals surface area contributed by atoms with E-state index in [-0.39, 0.29) is 0 Å². The van der Waals surface area contributed by atoms with Gasteiger partial charge in [0.2, 0.25) is 0 Å². The van der Waals surface area contributed by atoms with Gasteiger partial charge in [-0.25, -0.2) is 9.97 Å². The van der Waals surface area contributed by atoms with E-state index in [9.17, 15) is 0 Å². The third-order valence-corrected chi connectivity index (χ3v) is 6.64. The number of thiazole rings is 1. The molecule has 2 aromatic heterocycles. The van der Waals surface area contributed by atoms with Crippen LogP contribution >= 0.6 is 11.3 Å². The molecule has 1 aliphatic rings. The molecule has 4 aromatic rings. The molecule has 3 heterocycles. The Morgan fingerprint density at radius 1 is 0.846 bits per heavy atom. The largest absolute Gasteiger partial charge is 0.330 e. The van der Waals surface area contributed by atoms with Crippen molar-refractivity contribution in [1.82, 2.24) is 9.97 Å². The number of nitrogens with zero attached hydrogens (tertiary/aromatic N) is 2. The van der Waals surface area contributed by atoms with Crippen molar-refractivity contribution < 1.29 is 4.90 Å². The Hall–Kier alpha value is -2.30. The number of hydrogen-bond donors (Lipinski definition) is 1. The molecule has 0 aliphatic carbocycles. The van der Waals surface area contributed by atoms with Crippen LogP contribution in [0, 0.1) is 0 Å². The lowest BCUT2D eigenvalue weighted by Crippen LogP contribution is -3.11. The zero-order chi connectivity index (χ0) is 17.3. The van der Waals surface area contributed by atoms with Crippen LogP contribution < -0.4 is 4.90 Å². The van der Waals surface area contributed by atoms with Crippen LogP contribution in [0.25, 0.3) is 21.1 Å². The lowest BCUT2D eigenvalue weighted by atomic mass is 9.97. The molecular weight excluding hydrogens is 338 g/mol. The summed E-state index contributed by atoms with van der Waals surface area (Å²) in [6.45, 7) is 3.43. The average Bonchev–Trinajstić information content (AvgIpc) is 3.13. The lowest BCUT2D eigenvalue weighted by Gasteiger charge is -2.28. The fourth-order valence-corrected chi connectivity index (χ4v) is 5.11. The van der Waals surface area contributed by atoms with E-state index in [0.717, 1.165) is 17.6 Å². The normalized spacial score (nSPS) is 20.6. The Balaban J connectivity index is 1.26. The molecule has 26 heavy (non-hydrogen) atoms. The van der Waals surface area contributed by atoms with Crippen LogP contribution in [-0.2, 0) is 6.54 Å². The van der Waals surface area contributed by atoms with Gasteiger partial charge >= 0.3 is 0 Å². The maximum atomic E-state index is 4.88. The Morgan fingerprint density at radius 2 is 1.62 bits per heavy atom. The zero-order valence-electron chi connectivity index (χ0n) is 14.7. The van der Waals surface area contributed by atoms with Gasteiger partial charge in [0, 0.05) is 24.1 Å². The number of likely N-dealkylation sites (tertiary alicyclic amines) is 1. The van der Waals surface area contributed by atoms with Crippen molar-refractivity contribution in [2.75, 3.05) is 13.1 Å². The number of nitrogens with one attached hydrogen (secondary N) is 1. The first-order valence-corrected chi connectivity index (χ1v) is 10.2. The second-order valence-electron chi connectivity index (χ2n) is 7.22. The van der Waals surface area contributed by atoms with E-state index in [0.29, 0.717) is 5.92 Å². The number of aromatic nitrogens is 2. The lowest BCUT2D eigenvalue weighted by molar-refractivity contribution is -0.919. The molecule has 5 rings (SSSR count). The molecular formula is C22H22N3S+. The third-order valence-electron chi connectivity index (χ3n) is 5.44. The molecule has 130 valence electrons. The zero-order valence-corrected chi connectivity index (χ0v) is 15.5. The van der Waals surface area contributed by atoms with E-state index >= 15 is 0 Å². The van der Waals surface area contributed by atoms with Crippen LogP contribution in [0.2, 0.25) is 0 Å². The first-order valence-electron chi connectivity index (χ1n) is 9.39. The third kappa shape index (κ3) is 3.11. The molecule has 1 saturated heterocycles. The van der Waals surface area contributed by atoms with E-state index < -0.39 is 0 Å². The molecule has 0 radical (unpaired) electrons. The first-order chi connectivity index (χ1) is 12.8. The Bertz CT molecular complexity index is 1010. The summed E-state index contributed by atoms with van der Waals surface area (Å²) in [4.78, 5) is 11.4. The molecule has 2 aromatic carbocycles. The first kappa shape index (κ1) is 15.9. The Morgan fingerprint density at radius 3 is 2.46 bits per heavy atom. The summed E-state index contributed by atoms with van der Waals surface area (Å²) in [5, 5.41) is 2.55. The van der Waals surface area contributed by atoms with Gasteiger partial charge in [0.15, 0.2) is 0 Å². The monoisotopic (exact) mass is 360 g/mol. The van der Waals surface area contributed by atoms with Gasteiger partial charge in [-0.3, -0.25) is 0 Å². The molecule has 1 N–H and O–H groups in total. The SMILES string of the molecule is c1ccc2nc(C[NH+]3CCC(c4nc5ccccc5s4)CC3)ccc2c1. The van der Waals surface area contributed by atoms with E-state index in [1.807, 2.05) is 11.3 Å². The highest BCUT2D eigenvalue weighted by Gasteiger charge is 2.26. The van der Waals surface area contributed by atoms with Crippen LogP contribution in [0.3, 0.4) is 0 Å². The molecule has 0 atom stereocenters. The number of fused-ring (bicyclic) bond motifs is 2. The summed E-state index contributed by atoms with van der Waals surface area (Å²) in [5.74, 6) is 0.626. The molecule has 0 saturated carbocycles. The van der Waals surface area contributed by atoms with E-state index in [1.165, 1.54) is 46.7 Å². The van der Waals surface area contributed by atoms with Crippen molar-refractivity contribution in [3.8, 4) is 0 Å². The van der Waals surface area contributed by atoms with Gasteiger partial charge in [-0.05, 0) is 24.3 Å². The molecule has 1 fully saturated rings. The highest BCUT2D eigenvalue weighted by molar-refractivity contribution is 7.18. The van der Waals surface area contributed by atoms with Gasteiger partial charge in [0.1, 0.15) is 6.54 Å². The van der Waals surface area contributed by atoms with Crippen molar-refractivity contribution >= 4 is 32.5 Å². The standard InChI is InChI=1S/C22H21N3S/c1-2-6-19-16(5-1)9-10-18(23-19)15-25-13-11-17(12-14-25)22-24-20-7-3-4-8-21(20)26-22/h1-10,17H,11-15H2/p+1. The van der Waals surface area contributed by atoms with Crippen LogP contribution in [0.1, 0.15) is 29.5 Å². The molecule has 0 spiro atoms. The van der Waals surface area contributed by atoms with Crippen LogP contribution in [0.15, 0.2) is 60.7 Å². The van der Waals surface area contributed by atoms with Gasteiger partial charge < -0.3 is 4.90 Å².